The largest absolute Gasteiger partial charge is 0.343 e. The summed E-state index contributed by atoms with van der Waals surface area (Å²) in [6.45, 7) is 10.0. The number of carbonyl (C=O) groups excluding carboxylic acids is 2. The molecule has 3 aliphatic rings. The van der Waals surface area contributed by atoms with Crippen LogP contribution >= 0.6 is 0 Å². The summed E-state index contributed by atoms with van der Waals surface area (Å²) in [7, 11) is 2.15. The van der Waals surface area contributed by atoms with E-state index in [1.807, 2.05) is 4.90 Å². The molecule has 8 heteroatoms. The molecule has 1 atom stereocenters. The summed E-state index contributed by atoms with van der Waals surface area (Å²) in [6, 6.07) is 0.199. The van der Waals surface area contributed by atoms with Crippen molar-refractivity contribution in [3.8, 4) is 0 Å². The van der Waals surface area contributed by atoms with Crippen molar-refractivity contribution in [2.45, 2.75) is 71.3 Å². The van der Waals surface area contributed by atoms with Crippen molar-refractivity contribution >= 4 is 11.8 Å². The van der Waals surface area contributed by atoms with Gasteiger partial charge < -0.3 is 14.3 Å². The number of hydrogen-bond acceptors (Lipinski definition) is 6. The third-order valence-corrected chi connectivity index (χ3v) is 7.69. The quantitative estimate of drug-likeness (QED) is 0.729. The third-order valence-electron chi connectivity index (χ3n) is 7.69. The Morgan fingerprint density at radius 3 is 2.39 bits per heavy atom. The number of piperidine rings is 2. The number of hydrogen-bond donors (Lipinski definition) is 0. The van der Waals surface area contributed by atoms with Gasteiger partial charge in [-0.1, -0.05) is 19.0 Å². The fraction of sp³-hybridized carbons (Fsp3) is 0.826. The van der Waals surface area contributed by atoms with Gasteiger partial charge in [0, 0.05) is 52.0 Å². The van der Waals surface area contributed by atoms with E-state index in [0.29, 0.717) is 24.1 Å². The molecule has 3 saturated heterocycles. The highest BCUT2D eigenvalue weighted by atomic mass is 16.5. The van der Waals surface area contributed by atoms with E-state index in [-0.39, 0.29) is 23.3 Å². The third kappa shape index (κ3) is 4.78. The molecule has 0 N–H and O–H groups in total. The molecule has 4 rings (SSSR count). The standard InChI is InChI=1S/C23H37N5O3/c1-16(2)22-24-21(25-31-22)19-14-23(15-26(19)4)7-11-28(12-8-23)20(30)13-18-5-9-27(10-6-18)17(3)29/h16,18-19H,5-15H2,1-4H3. The first-order valence-electron chi connectivity index (χ1n) is 11.8. The molecule has 2 amide bonds. The van der Waals surface area contributed by atoms with Crippen molar-refractivity contribution in [2.75, 3.05) is 39.8 Å². The maximum atomic E-state index is 12.9. The van der Waals surface area contributed by atoms with Gasteiger partial charge in [-0.25, -0.2) is 0 Å². The summed E-state index contributed by atoms with van der Waals surface area (Å²) in [5, 5.41) is 4.26. The van der Waals surface area contributed by atoms with Crippen molar-refractivity contribution in [1.29, 1.82) is 0 Å². The number of rotatable bonds is 4. The van der Waals surface area contributed by atoms with Crippen molar-refractivity contribution in [3.63, 3.8) is 0 Å². The second-order valence-corrected chi connectivity index (χ2v) is 10.3. The summed E-state index contributed by atoms with van der Waals surface area (Å²) in [5.41, 5.74) is 0.238. The highest BCUT2D eigenvalue weighted by Gasteiger charge is 2.46. The van der Waals surface area contributed by atoms with Gasteiger partial charge in [-0.2, -0.15) is 4.98 Å². The molecule has 0 aromatic carbocycles. The Balaban J connectivity index is 1.28. The van der Waals surface area contributed by atoms with Crippen LogP contribution in [-0.2, 0) is 9.59 Å². The summed E-state index contributed by atoms with van der Waals surface area (Å²) in [4.78, 5) is 35.4. The van der Waals surface area contributed by atoms with Gasteiger partial charge in [0.2, 0.25) is 17.7 Å². The smallest absolute Gasteiger partial charge is 0.229 e. The van der Waals surface area contributed by atoms with Crippen molar-refractivity contribution in [2.24, 2.45) is 11.3 Å². The number of nitrogens with zero attached hydrogens (tertiary/aromatic N) is 5. The highest BCUT2D eigenvalue weighted by Crippen LogP contribution is 2.47. The lowest BCUT2D eigenvalue weighted by Crippen LogP contribution is -2.45. The molecule has 0 saturated carbocycles. The summed E-state index contributed by atoms with van der Waals surface area (Å²) < 4.78 is 5.44. The Morgan fingerprint density at radius 2 is 1.81 bits per heavy atom. The van der Waals surface area contributed by atoms with Crippen LogP contribution in [0.4, 0.5) is 0 Å². The lowest BCUT2D eigenvalue weighted by Gasteiger charge is -2.40. The maximum Gasteiger partial charge on any atom is 0.229 e. The van der Waals surface area contributed by atoms with E-state index in [1.54, 1.807) is 6.92 Å². The van der Waals surface area contributed by atoms with Crippen LogP contribution in [0, 0.1) is 11.3 Å². The average Bonchev–Trinajstić information content (AvgIpc) is 3.34. The Kier molecular flexibility index (Phi) is 6.37. The van der Waals surface area contributed by atoms with Crippen molar-refractivity contribution < 1.29 is 14.1 Å². The Labute approximate surface area is 185 Å². The van der Waals surface area contributed by atoms with Crippen LogP contribution in [0.2, 0.25) is 0 Å². The minimum absolute atomic E-state index is 0.146. The van der Waals surface area contributed by atoms with Gasteiger partial charge in [0.1, 0.15) is 0 Å². The van der Waals surface area contributed by atoms with Crippen LogP contribution in [0.3, 0.4) is 0 Å². The molecule has 1 aromatic rings. The second-order valence-electron chi connectivity index (χ2n) is 10.3. The van der Waals surface area contributed by atoms with E-state index in [4.69, 9.17) is 4.52 Å². The first-order valence-corrected chi connectivity index (χ1v) is 11.8. The summed E-state index contributed by atoms with van der Waals surface area (Å²) in [6.07, 6.45) is 5.62. The van der Waals surface area contributed by atoms with E-state index in [0.717, 1.165) is 70.7 Å². The average molecular weight is 432 g/mol. The Morgan fingerprint density at radius 1 is 1.13 bits per heavy atom. The molecule has 1 unspecified atom stereocenters. The molecule has 4 heterocycles. The molecular weight excluding hydrogens is 394 g/mol. The molecule has 0 bridgehead atoms. The van der Waals surface area contributed by atoms with Gasteiger partial charge in [-0.3, -0.25) is 14.5 Å². The van der Waals surface area contributed by atoms with E-state index < -0.39 is 0 Å². The molecule has 3 fully saturated rings. The van der Waals surface area contributed by atoms with E-state index >= 15 is 0 Å². The Hall–Kier alpha value is -1.96. The predicted octanol–water partition coefficient (Wildman–Crippen LogP) is 2.83. The monoisotopic (exact) mass is 431 g/mol. The zero-order valence-corrected chi connectivity index (χ0v) is 19.5. The van der Waals surface area contributed by atoms with Gasteiger partial charge >= 0.3 is 0 Å². The van der Waals surface area contributed by atoms with E-state index in [2.05, 4.69) is 40.8 Å². The van der Waals surface area contributed by atoms with Crippen LogP contribution in [-0.4, -0.2) is 76.4 Å². The van der Waals surface area contributed by atoms with Crippen LogP contribution in [0.15, 0.2) is 4.52 Å². The van der Waals surface area contributed by atoms with Gasteiger partial charge in [0.25, 0.3) is 0 Å². The molecule has 172 valence electrons. The fourth-order valence-electron chi connectivity index (χ4n) is 5.60. The molecule has 0 aliphatic carbocycles. The molecule has 31 heavy (non-hydrogen) atoms. The van der Waals surface area contributed by atoms with Crippen molar-refractivity contribution in [3.05, 3.63) is 11.7 Å². The maximum absolute atomic E-state index is 12.9. The molecule has 0 radical (unpaired) electrons. The summed E-state index contributed by atoms with van der Waals surface area (Å²) >= 11 is 0. The summed E-state index contributed by atoms with van der Waals surface area (Å²) in [5.74, 6) is 2.60. The topological polar surface area (TPSA) is 82.8 Å². The van der Waals surface area contributed by atoms with E-state index in [9.17, 15) is 9.59 Å². The van der Waals surface area contributed by atoms with Gasteiger partial charge in [-0.05, 0) is 50.5 Å². The predicted molar refractivity (Wildman–Crippen MR) is 116 cm³/mol. The zero-order valence-electron chi connectivity index (χ0n) is 19.5. The molecular formula is C23H37N5O3. The second kappa shape index (κ2) is 8.88. The van der Waals surface area contributed by atoms with Crippen LogP contribution < -0.4 is 0 Å². The fourth-order valence-corrected chi connectivity index (χ4v) is 5.60. The minimum Gasteiger partial charge on any atom is -0.343 e. The first kappa shape index (κ1) is 22.2. The SMILES string of the molecule is CC(=O)N1CCC(CC(=O)N2CCC3(CC2)CC(c2noc(C(C)C)n2)N(C)C3)CC1. The molecule has 8 nitrogen and oxygen atoms in total. The molecule has 3 aliphatic heterocycles. The normalized spacial score (nSPS) is 25.0. The van der Waals surface area contributed by atoms with Gasteiger partial charge in [-0.15, -0.1) is 0 Å². The molecule has 1 aromatic heterocycles. The van der Waals surface area contributed by atoms with Crippen molar-refractivity contribution in [1.82, 2.24) is 24.8 Å². The first-order chi connectivity index (χ1) is 14.8. The lowest BCUT2D eigenvalue weighted by atomic mass is 9.76. The number of likely N-dealkylation sites (tertiary alicyclic amines) is 3. The van der Waals surface area contributed by atoms with Gasteiger partial charge in [0.05, 0.1) is 6.04 Å². The molecule has 1 spiro atoms. The zero-order chi connectivity index (χ0) is 22.2. The Bertz CT molecular complexity index is 791. The minimum atomic E-state index is 0.146. The highest BCUT2D eigenvalue weighted by molar-refractivity contribution is 5.76. The lowest BCUT2D eigenvalue weighted by molar-refractivity contribution is -0.135. The van der Waals surface area contributed by atoms with Crippen LogP contribution in [0.1, 0.15) is 83.0 Å². The van der Waals surface area contributed by atoms with Crippen LogP contribution in [0.5, 0.6) is 0 Å². The number of aromatic nitrogens is 2. The van der Waals surface area contributed by atoms with Crippen LogP contribution in [0.25, 0.3) is 0 Å². The number of amides is 2. The number of carbonyl (C=O) groups is 2. The van der Waals surface area contributed by atoms with E-state index in [1.165, 1.54) is 0 Å². The van der Waals surface area contributed by atoms with Gasteiger partial charge in [0.15, 0.2) is 5.82 Å².